The van der Waals surface area contributed by atoms with E-state index in [0.717, 1.165) is 22.5 Å². The Kier molecular flexibility index (Phi) is 39.3. The Labute approximate surface area is 718 Å². The zero-order chi connectivity index (χ0) is 88.5. The van der Waals surface area contributed by atoms with E-state index in [1.807, 2.05) is 62.6 Å². The summed E-state index contributed by atoms with van der Waals surface area (Å²) < 4.78 is 61.3. The monoisotopic (exact) mass is 1720 g/mol. The van der Waals surface area contributed by atoms with Crippen LogP contribution < -0.4 is 33.2 Å². The maximum Gasteiger partial charge on any atom is 0.329 e. The standard InChI is InChI=1S/C87H129N15O21/c1-54-17-10-9-11-18-55(2)70(114-7)50-63-25-22-59(6)87(113,123-63)81(110)84(111)100-33-14-12-20-67(100)85(112)121-71(51-68(103)56(3)46-58(5)79(108)80(109)78(107)57(4)45-54)64(88)47-60-23-26-66(72(48-60)115-8)102-52-62(97-99-102)19-16-21-73(104)92-31-37-119-42-44-120-43-40-117-36-29-75(106)93-32-38-118-41-39-116-35-28-74(105)91-30-13-15-34-101-83-76(82(89)94-53-95-83)77(98-101)61-24-27-69-65(49-61)96-86(90)122-69/h9-11,17-18,24,27,46,49,52-54,56-57,59-60,63-64,66-67,70-72,79-80,108-109,113H,12-16,19-23,25-26,28-45,47-48,50-51,88H2,1-8H3,(H2,90,96)(H,91,105)(H,92,104)(H,93,106)(H2,89,94,95)/b11-9+,17-10+,55-18+,58-46+/t54-,56-,57-,59-,60+,63+,64-,66+,67+,70+,71+,72-,79-,80+,87-/m1/s1. The number of hydrogen-bond donors (Lipinski definition) is 9. The summed E-state index contributed by atoms with van der Waals surface area (Å²) in [5, 5.41) is 57.6. The third-order valence-electron chi connectivity index (χ3n) is 23.3. The summed E-state index contributed by atoms with van der Waals surface area (Å²) in [4.78, 5) is 123. The van der Waals surface area contributed by atoms with Crippen molar-refractivity contribution < 1.29 is 101 Å². The van der Waals surface area contributed by atoms with Crippen LogP contribution in [0.5, 0.6) is 0 Å². The van der Waals surface area contributed by atoms with Crippen molar-refractivity contribution in [3.8, 4) is 11.3 Å². The molecule has 36 nitrogen and oxygen atoms in total. The fourth-order valence-electron chi connectivity index (χ4n) is 16.1. The number of nitrogens with two attached hydrogens (primary N) is 3. The van der Waals surface area contributed by atoms with E-state index in [1.165, 1.54) is 19.3 Å². The number of amides is 4. The number of ether oxygens (including phenoxy) is 9. The molecule has 0 radical (unpaired) electrons. The number of oxazole rings is 1. The number of nitrogens with zero attached hydrogens (tertiary/aromatic N) is 9. The maximum atomic E-state index is 14.7. The molecular weight excluding hydrogens is 1590 g/mol. The Hall–Kier alpha value is -9.18. The second-order valence-corrected chi connectivity index (χ2v) is 32.7. The van der Waals surface area contributed by atoms with Crippen molar-refractivity contribution in [2.24, 2.45) is 35.3 Å². The fourth-order valence-corrected chi connectivity index (χ4v) is 16.1. The number of hydrogen-bond acceptors (Lipinski definition) is 30. The lowest BCUT2D eigenvalue weighted by molar-refractivity contribution is -0.265. The number of nitrogens with one attached hydrogen (secondary N) is 3. The molecule has 4 amide bonds. The molecule has 15 atom stereocenters. The molecule has 7 heterocycles. The molecular formula is C87H129N15O21. The number of unbranched alkanes of at least 4 members (excludes halogenated alkanes) is 1. The maximum absolute atomic E-state index is 14.7. The number of aliphatic hydroxyl groups is 3. The van der Waals surface area contributed by atoms with Gasteiger partial charge in [-0.1, -0.05) is 69.4 Å². The first-order valence-corrected chi connectivity index (χ1v) is 43.3. The quantitative estimate of drug-likeness (QED) is 0.00979. The number of benzene rings is 1. The number of cyclic esters (lactones) is 1. The second kappa shape index (κ2) is 49.5. The van der Waals surface area contributed by atoms with Crippen molar-refractivity contribution in [3.63, 3.8) is 0 Å². The van der Waals surface area contributed by atoms with Gasteiger partial charge < -0.3 is 100 Å². The van der Waals surface area contributed by atoms with E-state index < -0.39 is 95.4 Å². The van der Waals surface area contributed by atoms with Crippen LogP contribution in [-0.2, 0) is 94.0 Å². The van der Waals surface area contributed by atoms with Crippen LogP contribution in [-0.4, -0.2) is 268 Å². The molecule has 2 saturated heterocycles. The van der Waals surface area contributed by atoms with Gasteiger partial charge in [-0.05, 0) is 145 Å². The lowest BCUT2D eigenvalue weighted by atomic mass is 9.79. The molecule has 5 aromatic rings. The molecule has 1 saturated carbocycles. The van der Waals surface area contributed by atoms with Gasteiger partial charge in [0.15, 0.2) is 17.0 Å². The average Bonchev–Trinajstić information content (AvgIpc) is 1.68. The van der Waals surface area contributed by atoms with E-state index in [4.69, 9.17) is 69.3 Å². The summed E-state index contributed by atoms with van der Waals surface area (Å²) >= 11 is 0. The van der Waals surface area contributed by atoms with Gasteiger partial charge in [-0.15, -0.1) is 5.10 Å². The van der Waals surface area contributed by atoms with E-state index in [-0.39, 0.29) is 125 Å². The average molecular weight is 1720 g/mol. The third-order valence-corrected chi connectivity index (χ3v) is 23.3. The van der Waals surface area contributed by atoms with Crippen molar-refractivity contribution in [2.75, 3.05) is 118 Å². The molecule has 9 rings (SSSR count). The van der Waals surface area contributed by atoms with Gasteiger partial charge in [-0.25, -0.2) is 24.1 Å². The first-order chi connectivity index (χ1) is 59.2. The number of methoxy groups -OCH3 is 2. The molecule has 12 N–H and O–H groups in total. The van der Waals surface area contributed by atoms with Gasteiger partial charge in [-0.2, -0.15) is 10.1 Å². The van der Waals surface area contributed by atoms with Crippen LogP contribution in [0.2, 0.25) is 0 Å². The van der Waals surface area contributed by atoms with Crippen LogP contribution in [0.25, 0.3) is 33.4 Å². The predicted octanol–water partition coefficient (Wildman–Crippen LogP) is 5.82. The number of carbonyl (C=O) groups excluding carboxylic acids is 8. The minimum atomic E-state index is -2.51. The van der Waals surface area contributed by atoms with Crippen molar-refractivity contribution in [2.45, 2.75) is 231 Å². The molecule has 678 valence electrons. The normalized spacial score (nSPS) is 26.9. The molecule has 4 aliphatic rings. The molecule has 0 spiro atoms. The Morgan fingerprint density at radius 3 is 2.11 bits per heavy atom. The van der Waals surface area contributed by atoms with Gasteiger partial charge in [0.1, 0.15) is 53.5 Å². The number of ketones is 3. The third kappa shape index (κ3) is 29.2. The fraction of sp³-hybridized carbons (Fsp3) is 0.655. The second-order valence-electron chi connectivity index (χ2n) is 32.7. The smallest absolute Gasteiger partial charge is 0.329 e. The van der Waals surface area contributed by atoms with Gasteiger partial charge in [0.25, 0.3) is 17.7 Å². The first-order valence-electron chi connectivity index (χ1n) is 43.3. The lowest BCUT2D eigenvalue weighted by Crippen LogP contribution is -2.61. The van der Waals surface area contributed by atoms with E-state index in [9.17, 15) is 53.7 Å². The Morgan fingerprint density at radius 1 is 0.732 bits per heavy atom. The summed E-state index contributed by atoms with van der Waals surface area (Å²) in [6.45, 7) is 14.8. The van der Waals surface area contributed by atoms with Crippen molar-refractivity contribution in [1.82, 2.24) is 60.6 Å². The number of Topliss-reactive ketones (excluding diaryl/α,β-unsaturated/α-hetero) is 3. The predicted molar refractivity (Wildman–Crippen MR) is 454 cm³/mol. The number of esters is 1. The van der Waals surface area contributed by atoms with Crippen LogP contribution in [0.15, 0.2) is 82.7 Å². The molecule has 3 fully saturated rings. The zero-order valence-corrected chi connectivity index (χ0v) is 72.4. The Morgan fingerprint density at radius 2 is 1.41 bits per heavy atom. The van der Waals surface area contributed by atoms with Gasteiger partial charge in [-0.3, -0.25) is 33.6 Å². The SMILES string of the molecule is CO[C@H]1C[C@@H]2CC[C@@H](C)[C@@](O)(O2)C(=O)C(=O)N2CCCC[C@H]2C(=O)O[C@H]([C@H](N)C[C@@H]2CC[C@H](n3cc(CCCC(=O)NCCOCCOCCOCCC(=O)NCCOCCOCCC(=O)NCCCCn4nc(-c5ccc6oc(N)nc6c5)c5c(N)ncnc54)nn3)[C@H](OC)C2)CC(=O)[C@H](C)/C=C(\C)[C@@H](O)[C@@H](O)C(=O)[C@H](C)C[C@H](C)/C=C/C=C/C=C/1C. The topological polar surface area (TPSA) is 498 Å². The number of allylic oxidation sites excluding steroid dienone is 6. The lowest BCUT2D eigenvalue weighted by Gasteiger charge is -2.42. The van der Waals surface area contributed by atoms with Crippen molar-refractivity contribution in [3.05, 3.63) is 84.0 Å². The number of aliphatic hydroxyl groups excluding tert-OH is 2. The molecule has 36 heteroatoms. The minimum absolute atomic E-state index is 0.00773. The molecule has 123 heavy (non-hydrogen) atoms. The first kappa shape index (κ1) is 97.6. The summed E-state index contributed by atoms with van der Waals surface area (Å²) in [5.74, 6) is -9.25. The molecule has 4 aromatic heterocycles. The minimum Gasteiger partial charge on any atom is -0.459 e. The van der Waals surface area contributed by atoms with Gasteiger partial charge in [0, 0.05) is 115 Å². The number of fused-ring (bicyclic) bond motifs is 5. The number of carbonyl (C=O) groups is 8. The molecule has 1 aromatic carbocycles. The van der Waals surface area contributed by atoms with E-state index in [2.05, 4.69) is 41.2 Å². The van der Waals surface area contributed by atoms with Crippen molar-refractivity contribution >= 4 is 80.9 Å². The van der Waals surface area contributed by atoms with E-state index in [1.54, 1.807) is 50.4 Å². The molecule has 3 aliphatic heterocycles. The summed E-state index contributed by atoms with van der Waals surface area (Å²) in [6, 6.07) is 3.13. The Balaban J connectivity index is 0.621. The largest absolute Gasteiger partial charge is 0.459 e. The number of nitrogen functional groups attached to an aromatic ring is 2. The number of anilines is 2. The Bertz CT molecular complexity index is 4390. The highest BCUT2D eigenvalue weighted by molar-refractivity contribution is 6.39. The van der Waals surface area contributed by atoms with Crippen LogP contribution in [0.3, 0.4) is 0 Å². The highest BCUT2D eigenvalue weighted by Gasteiger charge is 2.53. The van der Waals surface area contributed by atoms with Gasteiger partial charge >= 0.3 is 5.97 Å². The molecule has 0 unspecified atom stereocenters. The highest BCUT2D eigenvalue weighted by atomic mass is 16.6. The van der Waals surface area contributed by atoms with E-state index in [0.29, 0.717) is 182 Å². The van der Waals surface area contributed by atoms with Crippen LogP contribution in [0.1, 0.15) is 169 Å². The van der Waals surface area contributed by atoms with Crippen LogP contribution in [0, 0.1) is 29.6 Å². The van der Waals surface area contributed by atoms with Crippen LogP contribution in [0.4, 0.5) is 11.8 Å². The van der Waals surface area contributed by atoms with Gasteiger partial charge in [0.05, 0.1) is 102 Å². The van der Waals surface area contributed by atoms with Crippen molar-refractivity contribution in [1.29, 1.82) is 0 Å². The number of piperidine rings is 1. The molecule has 2 bridgehead atoms. The summed E-state index contributed by atoms with van der Waals surface area (Å²) in [5.41, 5.74) is 24.0. The summed E-state index contributed by atoms with van der Waals surface area (Å²) in [6.07, 6.45) is 15.3. The molecule has 1 aliphatic carbocycles. The zero-order valence-electron chi connectivity index (χ0n) is 72.4. The van der Waals surface area contributed by atoms with Gasteiger partial charge in [0.2, 0.25) is 23.5 Å². The summed E-state index contributed by atoms with van der Waals surface area (Å²) in [7, 11) is 3.16. The highest BCUT2D eigenvalue weighted by Crippen LogP contribution is 2.40. The number of aryl methyl sites for hydroxylation is 2. The number of rotatable bonds is 37. The van der Waals surface area contributed by atoms with E-state index >= 15 is 0 Å². The van der Waals surface area contributed by atoms with Crippen LogP contribution >= 0.6 is 0 Å². The number of aromatic nitrogens is 8.